The maximum atomic E-state index is 12.4. The number of amides is 1. The Balaban J connectivity index is 1.26. The van der Waals surface area contributed by atoms with E-state index in [1.165, 1.54) is 0 Å². The molecule has 1 heterocycles. The minimum absolute atomic E-state index is 0.0996. The Morgan fingerprint density at radius 2 is 1.65 bits per heavy atom. The van der Waals surface area contributed by atoms with Gasteiger partial charge < -0.3 is 14.5 Å². The molecule has 1 N–H and O–H groups in total. The van der Waals surface area contributed by atoms with Crippen molar-refractivity contribution in [2.45, 2.75) is 24.8 Å². The Bertz CT molecular complexity index is 1350. The number of sulfone groups is 1. The van der Waals surface area contributed by atoms with Gasteiger partial charge >= 0.3 is 0 Å². The molecule has 0 fully saturated rings. The Kier molecular flexibility index (Phi) is 7.03. The molecule has 0 saturated heterocycles. The van der Waals surface area contributed by atoms with E-state index in [1.807, 2.05) is 37.3 Å². The summed E-state index contributed by atoms with van der Waals surface area (Å²) in [4.78, 5) is 12.4. The summed E-state index contributed by atoms with van der Waals surface area (Å²) >= 11 is 0. The Hall–Kier alpha value is -3.98. The molecule has 1 aromatic heterocycles. The summed E-state index contributed by atoms with van der Waals surface area (Å²) in [5, 5.41) is 10.7. The predicted molar refractivity (Wildman–Crippen MR) is 127 cm³/mol. The van der Waals surface area contributed by atoms with Crippen LogP contribution in [-0.4, -0.2) is 30.3 Å². The molecule has 0 spiro atoms. The highest BCUT2D eigenvalue weighted by Crippen LogP contribution is 2.20. The van der Waals surface area contributed by atoms with Gasteiger partial charge in [0, 0.05) is 17.7 Å². The standard InChI is InChI=1S/C25H23N3O5S/c1-18-7-13-22(14-8-18)34(30,31)16-15-23(29)26-20-9-11-21(12-10-20)32-17-24-27-28-25(33-24)19-5-3-2-4-6-19/h2-14H,15-17H2,1H3,(H,26,29). The second-order valence-corrected chi connectivity index (χ2v) is 9.72. The van der Waals surface area contributed by atoms with Gasteiger partial charge in [0.2, 0.25) is 11.8 Å². The number of hydrogen-bond donors (Lipinski definition) is 1. The van der Waals surface area contributed by atoms with Gasteiger partial charge in [0.25, 0.3) is 5.89 Å². The number of carbonyl (C=O) groups is 1. The van der Waals surface area contributed by atoms with Crippen LogP contribution in [0.4, 0.5) is 5.69 Å². The molecule has 9 heteroatoms. The Morgan fingerprint density at radius 1 is 0.941 bits per heavy atom. The van der Waals surface area contributed by atoms with E-state index in [4.69, 9.17) is 9.15 Å². The average Bonchev–Trinajstić information content (AvgIpc) is 3.32. The number of anilines is 1. The first-order valence-corrected chi connectivity index (χ1v) is 12.2. The largest absolute Gasteiger partial charge is 0.484 e. The monoisotopic (exact) mass is 477 g/mol. The molecule has 0 aliphatic heterocycles. The van der Waals surface area contributed by atoms with E-state index in [-0.39, 0.29) is 29.6 Å². The smallest absolute Gasteiger partial charge is 0.254 e. The lowest BCUT2D eigenvalue weighted by atomic mass is 10.2. The fourth-order valence-electron chi connectivity index (χ4n) is 3.10. The molecular weight excluding hydrogens is 454 g/mol. The van der Waals surface area contributed by atoms with Crippen LogP contribution in [-0.2, 0) is 21.2 Å². The number of hydrogen-bond acceptors (Lipinski definition) is 7. The first kappa shape index (κ1) is 23.2. The third-order valence-electron chi connectivity index (χ3n) is 4.97. The van der Waals surface area contributed by atoms with E-state index in [0.717, 1.165) is 11.1 Å². The first-order chi connectivity index (χ1) is 16.4. The lowest BCUT2D eigenvalue weighted by molar-refractivity contribution is -0.115. The van der Waals surface area contributed by atoms with E-state index >= 15 is 0 Å². The van der Waals surface area contributed by atoms with Gasteiger partial charge in [-0.25, -0.2) is 8.42 Å². The van der Waals surface area contributed by atoms with Crippen LogP contribution in [0.15, 0.2) is 88.2 Å². The third kappa shape index (κ3) is 6.08. The maximum absolute atomic E-state index is 12.4. The number of rotatable bonds is 9. The summed E-state index contributed by atoms with van der Waals surface area (Å²) in [5.74, 6) is 0.661. The van der Waals surface area contributed by atoms with Gasteiger partial charge in [0.1, 0.15) is 5.75 Å². The summed E-state index contributed by atoms with van der Waals surface area (Å²) in [7, 11) is -3.52. The van der Waals surface area contributed by atoms with Crippen LogP contribution in [0.3, 0.4) is 0 Å². The molecule has 0 bridgehead atoms. The molecule has 0 radical (unpaired) electrons. The zero-order valence-electron chi connectivity index (χ0n) is 18.5. The maximum Gasteiger partial charge on any atom is 0.254 e. The van der Waals surface area contributed by atoms with E-state index in [2.05, 4.69) is 15.5 Å². The van der Waals surface area contributed by atoms with Crippen LogP contribution < -0.4 is 10.1 Å². The molecular formula is C25H23N3O5S. The second kappa shape index (κ2) is 10.3. The molecule has 0 aliphatic carbocycles. The molecule has 0 saturated carbocycles. The minimum Gasteiger partial charge on any atom is -0.484 e. The van der Waals surface area contributed by atoms with E-state index in [1.54, 1.807) is 48.5 Å². The number of benzene rings is 3. The average molecular weight is 478 g/mol. The van der Waals surface area contributed by atoms with Crippen molar-refractivity contribution in [3.63, 3.8) is 0 Å². The van der Waals surface area contributed by atoms with Crippen LogP contribution in [0, 0.1) is 6.92 Å². The van der Waals surface area contributed by atoms with Crippen molar-refractivity contribution in [1.82, 2.24) is 10.2 Å². The van der Waals surface area contributed by atoms with Crippen molar-refractivity contribution in [2.75, 3.05) is 11.1 Å². The number of nitrogens with one attached hydrogen (secondary N) is 1. The second-order valence-electron chi connectivity index (χ2n) is 7.61. The highest BCUT2D eigenvalue weighted by atomic mass is 32.2. The zero-order chi connectivity index (χ0) is 24.0. The van der Waals surface area contributed by atoms with Crippen LogP contribution >= 0.6 is 0 Å². The predicted octanol–water partition coefficient (Wildman–Crippen LogP) is 4.43. The van der Waals surface area contributed by atoms with Gasteiger partial charge in [-0.3, -0.25) is 4.79 Å². The molecule has 174 valence electrons. The van der Waals surface area contributed by atoms with Gasteiger partial charge in [0.05, 0.1) is 10.6 Å². The van der Waals surface area contributed by atoms with Crippen LogP contribution in [0.25, 0.3) is 11.5 Å². The highest BCUT2D eigenvalue weighted by Gasteiger charge is 2.16. The van der Waals surface area contributed by atoms with Gasteiger partial charge in [-0.05, 0) is 55.5 Å². The van der Waals surface area contributed by atoms with E-state index in [0.29, 0.717) is 23.2 Å². The molecule has 3 aromatic carbocycles. The third-order valence-corrected chi connectivity index (χ3v) is 6.70. The quantitative estimate of drug-likeness (QED) is 0.380. The SMILES string of the molecule is Cc1ccc(S(=O)(=O)CCC(=O)Nc2ccc(OCc3nnc(-c4ccccc4)o3)cc2)cc1. The van der Waals surface area contributed by atoms with Crippen LogP contribution in [0.1, 0.15) is 17.9 Å². The number of ether oxygens (including phenoxy) is 1. The topological polar surface area (TPSA) is 111 Å². The lowest BCUT2D eigenvalue weighted by Crippen LogP contribution is -2.17. The van der Waals surface area contributed by atoms with Crippen molar-refractivity contribution in [1.29, 1.82) is 0 Å². The van der Waals surface area contributed by atoms with Gasteiger partial charge in [-0.2, -0.15) is 0 Å². The molecule has 0 unspecified atom stereocenters. The van der Waals surface area contributed by atoms with Crippen LogP contribution in [0.2, 0.25) is 0 Å². The van der Waals surface area contributed by atoms with Gasteiger partial charge in [0.15, 0.2) is 16.4 Å². The highest BCUT2D eigenvalue weighted by molar-refractivity contribution is 7.91. The molecule has 4 aromatic rings. The van der Waals surface area contributed by atoms with Crippen molar-refractivity contribution in [2.24, 2.45) is 0 Å². The van der Waals surface area contributed by atoms with Crippen molar-refractivity contribution in [3.8, 4) is 17.2 Å². The van der Waals surface area contributed by atoms with Crippen molar-refractivity contribution in [3.05, 3.63) is 90.3 Å². The Labute approximate surface area is 197 Å². The lowest BCUT2D eigenvalue weighted by Gasteiger charge is -2.08. The molecule has 34 heavy (non-hydrogen) atoms. The fraction of sp³-hybridized carbons (Fsp3) is 0.160. The van der Waals surface area contributed by atoms with Crippen molar-refractivity contribution >= 4 is 21.4 Å². The molecule has 4 rings (SSSR count). The molecule has 0 aliphatic rings. The summed E-state index contributed by atoms with van der Waals surface area (Å²) in [6.07, 6.45) is -0.143. The minimum atomic E-state index is -3.52. The molecule has 1 amide bonds. The number of nitrogens with zero attached hydrogens (tertiary/aromatic N) is 2. The van der Waals surface area contributed by atoms with Gasteiger partial charge in [-0.15, -0.1) is 10.2 Å². The van der Waals surface area contributed by atoms with Crippen molar-refractivity contribution < 1.29 is 22.4 Å². The van der Waals surface area contributed by atoms with E-state index in [9.17, 15) is 13.2 Å². The van der Waals surface area contributed by atoms with Gasteiger partial charge in [-0.1, -0.05) is 35.9 Å². The molecule has 8 nitrogen and oxygen atoms in total. The number of carbonyl (C=O) groups excluding carboxylic acids is 1. The summed E-state index contributed by atoms with van der Waals surface area (Å²) in [5.41, 5.74) is 2.33. The summed E-state index contributed by atoms with van der Waals surface area (Å²) < 4.78 is 36.1. The normalized spacial score (nSPS) is 11.2. The van der Waals surface area contributed by atoms with Crippen LogP contribution in [0.5, 0.6) is 5.75 Å². The fourth-order valence-corrected chi connectivity index (χ4v) is 4.34. The summed E-state index contributed by atoms with van der Waals surface area (Å²) in [6.45, 7) is 1.98. The Morgan fingerprint density at radius 3 is 2.35 bits per heavy atom. The zero-order valence-corrected chi connectivity index (χ0v) is 19.3. The number of aryl methyl sites for hydroxylation is 1. The van der Waals surface area contributed by atoms with E-state index < -0.39 is 9.84 Å². The molecule has 0 atom stereocenters. The number of aromatic nitrogens is 2. The summed E-state index contributed by atoms with van der Waals surface area (Å²) in [6, 6.07) is 22.7. The first-order valence-electron chi connectivity index (χ1n) is 10.6.